The van der Waals surface area contributed by atoms with Gasteiger partial charge in [-0.05, 0) is 30.4 Å². The summed E-state index contributed by atoms with van der Waals surface area (Å²) in [6, 6.07) is 7.12. The van der Waals surface area contributed by atoms with Gasteiger partial charge in [0, 0.05) is 11.1 Å². The van der Waals surface area contributed by atoms with Crippen LogP contribution in [0.3, 0.4) is 0 Å². The van der Waals surface area contributed by atoms with E-state index < -0.39 is 0 Å². The van der Waals surface area contributed by atoms with Crippen molar-refractivity contribution < 1.29 is 5.11 Å². The van der Waals surface area contributed by atoms with E-state index >= 15 is 0 Å². The maximum absolute atomic E-state index is 9.23. The molecule has 0 aliphatic rings. The number of rotatable bonds is 1. The molecule has 2 rings (SSSR count). The van der Waals surface area contributed by atoms with Crippen LogP contribution in [0.4, 0.5) is 5.69 Å². The molecule has 0 radical (unpaired) electrons. The second-order valence-electron chi connectivity index (χ2n) is 3.09. The van der Waals surface area contributed by atoms with Gasteiger partial charge >= 0.3 is 0 Å². The van der Waals surface area contributed by atoms with Gasteiger partial charge in [-0.15, -0.1) is 0 Å². The molecule has 1 aromatic heterocycles. The zero-order chi connectivity index (χ0) is 10.8. The molecule has 0 saturated carbocycles. The van der Waals surface area contributed by atoms with Gasteiger partial charge in [0.05, 0.1) is 11.7 Å². The second kappa shape index (κ2) is 3.70. The molecule has 0 aliphatic carbocycles. The molecule has 0 aliphatic heterocycles. The molecular weight excluding hydrogens is 210 g/mol. The lowest BCUT2D eigenvalue weighted by Gasteiger charge is -2.04. The average Bonchev–Trinajstić information content (AvgIpc) is 2.17. The average molecular weight is 219 g/mol. The first-order valence-electron chi connectivity index (χ1n) is 4.30. The number of fused-ring (bicyclic) bond motifs is 1. The van der Waals surface area contributed by atoms with Gasteiger partial charge < -0.3 is 16.2 Å². The standard InChI is InChI=1S/C10H9N3OS/c11-10(15)13-7-2-1-6-3-8(14)5-12-9(6)4-7/h1-5,14H,(H3,11,13,15). The third kappa shape index (κ3) is 2.13. The molecule has 4 N–H and O–H groups in total. The van der Waals surface area contributed by atoms with E-state index in [1.165, 1.54) is 6.20 Å². The molecule has 1 heterocycles. The van der Waals surface area contributed by atoms with Crippen LogP contribution in [-0.2, 0) is 0 Å². The van der Waals surface area contributed by atoms with Crippen LogP contribution >= 0.6 is 12.2 Å². The Balaban J connectivity index is 2.47. The van der Waals surface area contributed by atoms with Gasteiger partial charge in [0.15, 0.2) is 5.11 Å². The Morgan fingerprint density at radius 1 is 1.40 bits per heavy atom. The van der Waals surface area contributed by atoms with Crippen LogP contribution in [0.5, 0.6) is 5.75 Å². The lowest BCUT2D eigenvalue weighted by molar-refractivity contribution is 0.474. The smallest absolute Gasteiger partial charge is 0.168 e. The lowest BCUT2D eigenvalue weighted by Crippen LogP contribution is -2.18. The van der Waals surface area contributed by atoms with Crippen LogP contribution in [0.25, 0.3) is 10.9 Å². The number of pyridine rings is 1. The normalized spacial score (nSPS) is 10.1. The summed E-state index contributed by atoms with van der Waals surface area (Å²) in [6.45, 7) is 0. The van der Waals surface area contributed by atoms with E-state index in [1.54, 1.807) is 6.07 Å². The van der Waals surface area contributed by atoms with Crippen molar-refractivity contribution >= 4 is 33.9 Å². The van der Waals surface area contributed by atoms with Gasteiger partial charge in [0.25, 0.3) is 0 Å². The molecule has 0 atom stereocenters. The zero-order valence-corrected chi connectivity index (χ0v) is 8.58. The van der Waals surface area contributed by atoms with Gasteiger partial charge in [0.1, 0.15) is 5.75 Å². The van der Waals surface area contributed by atoms with Crippen LogP contribution in [0.15, 0.2) is 30.5 Å². The summed E-state index contributed by atoms with van der Waals surface area (Å²) in [6.07, 6.45) is 1.40. The highest BCUT2D eigenvalue weighted by Gasteiger charge is 1.99. The van der Waals surface area contributed by atoms with Gasteiger partial charge in [-0.25, -0.2) is 0 Å². The fraction of sp³-hybridized carbons (Fsp3) is 0. The number of thiocarbonyl (C=S) groups is 1. The molecule has 0 saturated heterocycles. The van der Waals surface area contributed by atoms with Gasteiger partial charge in [-0.2, -0.15) is 0 Å². The van der Waals surface area contributed by atoms with Crippen molar-refractivity contribution in [3.63, 3.8) is 0 Å². The zero-order valence-electron chi connectivity index (χ0n) is 7.77. The minimum Gasteiger partial charge on any atom is -0.506 e. The molecule has 15 heavy (non-hydrogen) atoms. The number of aromatic nitrogens is 1. The van der Waals surface area contributed by atoms with Gasteiger partial charge in [-0.1, -0.05) is 6.07 Å². The summed E-state index contributed by atoms with van der Waals surface area (Å²) in [5.74, 6) is 0.151. The summed E-state index contributed by atoms with van der Waals surface area (Å²) in [4.78, 5) is 4.07. The molecule has 0 fully saturated rings. The largest absolute Gasteiger partial charge is 0.506 e. The summed E-state index contributed by atoms with van der Waals surface area (Å²) in [7, 11) is 0. The maximum atomic E-state index is 9.23. The molecule has 1 aromatic carbocycles. The maximum Gasteiger partial charge on any atom is 0.168 e. The Bertz CT molecular complexity index is 527. The van der Waals surface area contributed by atoms with E-state index in [0.717, 1.165) is 16.6 Å². The summed E-state index contributed by atoms with van der Waals surface area (Å²) in [5, 5.41) is 13.1. The summed E-state index contributed by atoms with van der Waals surface area (Å²) < 4.78 is 0. The quantitative estimate of drug-likeness (QED) is 0.635. The number of hydrogen-bond acceptors (Lipinski definition) is 3. The fourth-order valence-corrected chi connectivity index (χ4v) is 1.45. The Morgan fingerprint density at radius 2 is 2.20 bits per heavy atom. The molecule has 4 nitrogen and oxygen atoms in total. The van der Waals surface area contributed by atoms with Crippen LogP contribution in [0.2, 0.25) is 0 Å². The molecule has 0 amide bonds. The van der Waals surface area contributed by atoms with Crippen molar-refractivity contribution in [2.24, 2.45) is 5.73 Å². The predicted octanol–water partition coefficient (Wildman–Crippen LogP) is 1.60. The first-order valence-corrected chi connectivity index (χ1v) is 4.71. The molecule has 0 bridgehead atoms. The second-order valence-corrected chi connectivity index (χ2v) is 3.53. The molecule has 76 valence electrons. The third-order valence-corrected chi connectivity index (χ3v) is 2.04. The van der Waals surface area contributed by atoms with Crippen molar-refractivity contribution in [1.29, 1.82) is 0 Å². The van der Waals surface area contributed by atoms with E-state index in [2.05, 4.69) is 10.3 Å². The number of nitrogens with one attached hydrogen (secondary N) is 1. The SMILES string of the molecule is NC(=S)Nc1ccc2cc(O)cnc2c1. The van der Waals surface area contributed by atoms with Crippen LogP contribution in [0, 0.1) is 0 Å². The van der Waals surface area contributed by atoms with E-state index in [0.29, 0.717) is 0 Å². The van der Waals surface area contributed by atoms with Crippen LogP contribution in [0.1, 0.15) is 0 Å². The topological polar surface area (TPSA) is 71.2 Å². The Kier molecular flexibility index (Phi) is 2.39. The number of nitrogens with two attached hydrogens (primary N) is 1. The number of aromatic hydroxyl groups is 1. The summed E-state index contributed by atoms with van der Waals surface area (Å²) in [5.41, 5.74) is 6.91. The summed E-state index contributed by atoms with van der Waals surface area (Å²) >= 11 is 4.73. The Morgan fingerprint density at radius 3 is 2.93 bits per heavy atom. The molecule has 0 unspecified atom stereocenters. The van der Waals surface area contributed by atoms with Crippen molar-refractivity contribution in [2.75, 3.05) is 5.32 Å². The highest BCUT2D eigenvalue weighted by atomic mass is 32.1. The number of nitrogens with zero attached hydrogens (tertiary/aromatic N) is 1. The molecular formula is C10H9N3OS. The monoisotopic (exact) mass is 219 g/mol. The van der Waals surface area contributed by atoms with Crippen molar-refractivity contribution in [3.05, 3.63) is 30.5 Å². The van der Waals surface area contributed by atoms with Crippen molar-refractivity contribution in [2.45, 2.75) is 0 Å². The Hall–Kier alpha value is -1.88. The highest BCUT2D eigenvalue weighted by Crippen LogP contribution is 2.20. The van der Waals surface area contributed by atoms with E-state index in [9.17, 15) is 5.11 Å². The lowest BCUT2D eigenvalue weighted by atomic mass is 10.2. The van der Waals surface area contributed by atoms with E-state index in [4.69, 9.17) is 18.0 Å². The first kappa shape index (κ1) is 9.67. The van der Waals surface area contributed by atoms with Gasteiger partial charge in [0.2, 0.25) is 0 Å². The number of benzene rings is 1. The van der Waals surface area contributed by atoms with Crippen molar-refractivity contribution in [1.82, 2.24) is 4.98 Å². The minimum absolute atomic E-state index is 0.151. The van der Waals surface area contributed by atoms with Crippen molar-refractivity contribution in [3.8, 4) is 5.75 Å². The van der Waals surface area contributed by atoms with Gasteiger partial charge in [-0.3, -0.25) is 4.98 Å². The number of anilines is 1. The van der Waals surface area contributed by atoms with E-state index in [-0.39, 0.29) is 10.9 Å². The Labute approximate surface area is 91.7 Å². The predicted molar refractivity (Wildman–Crippen MR) is 63.8 cm³/mol. The highest BCUT2D eigenvalue weighted by molar-refractivity contribution is 7.80. The molecule has 2 aromatic rings. The third-order valence-electron chi connectivity index (χ3n) is 1.94. The van der Waals surface area contributed by atoms with Crippen LogP contribution in [-0.4, -0.2) is 15.2 Å². The molecule has 5 heteroatoms. The molecule has 0 spiro atoms. The van der Waals surface area contributed by atoms with Crippen LogP contribution < -0.4 is 11.1 Å². The number of hydrogen-bond donors (Lipinski definition) is 3. The van der Waals surface area contributed by atoms with E-state index in [1.807, 2.05) is 18.2 Å². The fourth-order valence-electron chi connectivity index (χ4n) is 1.33. The first-order chi connectivity index (χ1) is 7.15. The minimum atomic E-state index is 0.151.